The van der Waals surface area contributed by atoms with E-state index >= 15 is 0 Å². The van der Waals surface area contributed by atoms with Crippen LogP contribution in [0.3, 0.4) is 0 Å². The van der Waals surface area contributed by atoms with Gasteiger partial charge in [0.2, 0.25) is 0 Å². The fourth-order valence-electron chi connectivity index (χ4n) is 7.21. The first-order chi connectivity index (χ1) is 19.3. The van der Waals surface area contributed by atoms with Crippen LogP contribution < -0.4 is 26.2 Å². The number of nitrogens with zero attached hydrogens (tertiary/aromatic N) is 2. The van der Waals surface area contributed by atoms with Crippen LogP contribution in [0, 0.1) is 0 Å². The van der Waals surface area contributed by atoms with E-state index in [0.717, 1.165) is 28.2 Å². The number of rotatable bonds is 1. The Morgan fingerprint density at radius 3 is 2.13 bits per heavy atom. The lowest BCUT2D eigenvalue weighted by atomic mass is 9.33. The maximum absolute atomic E-state index is 12.1. The Bertz CT molecular complexity index is 1970. The smallest absolute Gasteiger partial charge is 0.252 e. The van der Waals surface area contributed by atoms with E-state index in [1.165, 1.54) is 44.1 Å². The van der Waals surface area contributed by atoms with Crippen molar-refractivity contribution in [3.63, 3.8) is 0 Å². The molecule has 6 aromatic rings. The number of aliphatic hydroxyl groups is 1. The lowest BCUT2D eigenvalue weighted by Crippen LogP contribution is -2.62. The van der Waals surface area contributed by atoms with Crippen molar-refractivity contribution in [3.8, 4) is 11.1 Å². The van der Waals surface area contributed by atoms with Gasteiger partial charge in [-0.05, 0) is 63.1 Å². The van der Waals surface area contributed by atoms with Crippen molar-refractivity contribution in [3.05, 3.63) is 133 Å². The van der Waals surface area contributed by atoms with Crippen LogP contribution >= 0.6 is 0 Å². The highest BCUT2D eigenvalue weighted by molar-refractivity contribution is 7.00. The van der Waals surface area contributed by atoms with Gasteiger partial charge in [-0.1, -0.05) is 97.1 Å². The summed E-state index contributed by atoms with van der Waals surface area (Å²) >= 11 is 0. The molecule has 1 N–H and O–H groups in total. The van der Waals surface area contributed by atoms with Gasteiger partial charge >= 0.3 is 0 Å². The molecule has 1 unspecified atom stereocenters. The van der Waals surface area contributed by atoms with E-state index in [4.69, 9.17) is 0 Å². The molecule has 6 aromatic carbocycles. The van der Waals surface area contributed by atoms with Crippen molar-refractivity contribution in [2.24, 2.45) is 0 Å². The molecule has 3 aliphatic heterocycles. The fraction of sp³-hybridized carbons (Fsp3) is 0.0286. The molecule has 0 fully saturated rings. The fourth-order valence-corrected chi connectivity index (χ4v) is 7.21. The summed E-state index contributed by atoms with van der Waals surface area (Å²) in [6, 6.07) is 45.3. The molecule has 0 saturated heterocycles. The molecule has 182 valence electrons. The van der Waals surface area contributed by atoms with E-state index in [-0.39, 0.29) is 6.71 Å². The minimum Gasteiger partial charge on any atom is -0.369 e. The zero-order valence-corrected chi connectivity index (χ0v) is 21.1. The first-order valence-electron chi connectivity index (χ1n) is 13.5. The monoisotopic (exact) mass is 498 g/mol. The summed E-state index contributed by atoms with van der Waals surface area (Å²) in [5.41, 5.74) is 12.7. The minimum absolute atomic E-state index is 0.0716. The standard InChI is InChI=1S/C35H23BN2O/c39-35-26-19-18-22-10-4-5-13-24(22)32(26)25-20-21-31-33-34(25)38(35)30-17-9-7-15-28(30)36(33)27-14-6-8-16-29(27)37(31)23-11-2-1-3-12-23/h1-21,35,39H. The topological polar surface area (TPSA) is 26.7 Å². The Morgan fingerprint density at radius 2 is 1.28 bits per heavy atom. The van der Waals surface area contributed by atoms with Gasteiger partial charge in [0.15, 0.2) is 6.23 Å². The largest absolute Gasteiger partial charge is 0.369 e. The number of hydrogen-bond acceptors (Lipinski definition) is 3. The number of benzene rings is 6. The maximum Gasteiger partial charge on any atom is 0.252 e. The van der Waals surface area contributed by atoms with Gasteiger partial charge in [-0.15, -0.1) is 0 Å². The van der Waals surface area contributed by atoms with Crippen LogP contribution in [0.2, 0.25) is 0 Å². The van der Waals surface area contributed by atoms with Crippen LogP contribution in [0.5, 0.6) is 0 Å². The van der Waals surface area contributed by atoms with Crippen LogP contribution in [0.15, 0.2) is 127 Å². The Morgan fingerprint density at radius 1 is 0.590 bits per heavy atom. The second-order valence-electron chi connectivity index (χ2n) is 10.6. The van der Waals surface area contributed by atoms with Crippen LogP contribution in [0.4, 0.5) is 28.4 Å². The highest BCUT2D eigenvalue weighted by atomic mass is 16.3. The van der Waals surface area contributed by atoms with E-state index in [0.29, 0.717) is 0 Å². The van der Waals surface area contributed by atoms with E-state index in [1.807, 2.05) is 0 Å². The highest BCUT2D eigenvalue weighted by Crippen LogP contribution is 2.52. The normalized spacial score (nSPS) is 15.9. The first kappa shape index (κ1) is 21.2. The molecule has 39 heavy (non-hydrogen) atoms. The molecule has 9 rings (SSSR count). The predicted octanol–water partition coefficient (Wildman–Crippen LogP) is 6.26. The molecule has 4 heteroatoms. The zero-order valence-electron chi connectivity index (χ0n) is 21.1. The summed E-state index contributed by atoms with van der Waals surface area (Å²) < 4.78 is 0. The van der Waals surface area contributed by atoms with Crippen LogP contribution in [0.25, 0.3) is 21.9 Å². The number of fused-ring (bicyclic) bond motifs is 9. The van der Waals surface area contributed by atoms with Crippen LogP contribution in [-0.2, 0) is 0 Å². The molecule has 0 amide bonds. The lowest BCUT2D eigenvalue weighted by molar-refractivity contribution is 0.184. The number of para-hydroxylation sites is 3. The second-order valence-corrected chi connectivity index (χ2v) is 10.6. The molecule has 3 aliphatic rings. The van der Waals surface area contributed by atoms with Gasteiger partial charge in [0.25, 0.3) is 6.71 Å². The molecular formula is C35H23BN2O. The van der Waals surface area contributed by atoms with E-state index in [9.17, 15) is 5.11 Å². The van der Waals surface area contributed by atoms with E-state index in [2.05, 4.69) is 137 Å². The van der Waals surface area contributed by atoms with Crippen molar-refractivity contribution in [1.82, 2.24) is 0 Å². The molecule has 0 spiro atoms. The molecule has 0 saturated carbocycles. The molecule has 0 bridgehead atoms. The Kier molecular flexibility index (Phi) is 4.14. The van der Waals surface area contributed by atoms with Crippen LogP contribution in [0.1, 0.15) is 11.8 Å². The maximum atomic E-state index is 12.1. The third kappa shape index (κ3) is 2.66. The average Bonchev–Trinajstić information content (AvgIpc) is 3.00. The third-order valence-electron chi connectivity index (χ3n) is 8.73. The van der Waals surface area contributed by atoms with Crippen LogP contribution in [-0.4, -0.2) is 11.8 Å². The molecular weight excluding hydrogens is 475 g/mol. The quantitative estimate of drug-likeness (QED) is 0.271. The Labute approximate surface area is 227 Å². The molecule has 3 heterocycles. The average molecular weight is 498 g/mol. The van der Waals surface area contributed by atoms with Crippen molar-refractivity contribution in [2.45, 2.75) is 6.23 Å². The first-order valence-corrected chi connectivity index (χ1v) is 13.5. The van der Waals surface area contributed by atoms with Crippen molar-refractivity contribution >= 4 is 62.3 Å². The van der Waals surface area contributed by atoms with Crippen molar-refractivity contribution in [2.75, 3.05) is 9.80 Å². The molecule has 0 radical (unpaired) electrons. The number of hydrogen-bond donors (Lipinski definition) is 1. The van der Waals surface area contributed by atoms with E-state index < -0.39 is 6.23 Å². The van der Waals surface area contributed by atoms with Crippen molar-refractivity contribution < 1.29 is 5.11 Å². The summed E-state index contributed by atoms with van der Waals surface area (Å²) in [5, 5.41) is 14.5. The van der Waals surface area contributed by atoms with E-state index in [1.54, 1.807) is 0 Å². The molecule has 1 atom stereocenters. The predicted molar refractivity (Wildman–Crippen MR) is 162 cm³/mol. The van der Waals surface area contributed by atoms with Crippen molar-refractivity contribution in [1.29, 1.82) is 0 Å². The van der Waals surface area contributed by atoms with Gasteiger partial charge in [0.1, 0.15) is 0 Å². The molecule has 0 aromatic heterocycles. The van der Waals surface area contributed by atoms with Gasteiger partial charge in [-0.2, -0.15) is 0 Å². The summed E-state index contributed by atoms with van der Waals surface area (Å²) in [6.45, 7) is 0.0716. The summed E-state index contributed by atoms with van der Waals surface area (Å²) in [6.07, 6.45) is -0.784. The Balaban J connectivity index is 1.45. The zero-order chi connectivity index (χ0) is 25.7. The number of aliphatic hydroxyl groups excluding tert-OH is 1. The summed E-state index contributed by atoms with van der Waals surface area (Å²) in [5.74, 6) is 0. The van der Waals surface area contributed by atoms with Gasteiger partial charge in [-0.3, -0.25) is 0 Å². The van der Waals surface area contributed by atoms with Gasteiger partial charge in [0.05, 0.1) is 0 Å². The highest BCUT2D eigenvalue weighted by Gasteiger charge is 2.47. The SMILES string of the molecule is OC1c2ccc3ccccc3c2-c2ccc3c4c2N1c1ccccc1B4c1ccccc1N3c1ccccc1. The molecule has 0 aliphatic carbocycles. The second kappa shape index (κ2) is 7.63. The Hall–Kier alpha value is -4.80. The molecule has 3 nitrogen and oxygen atoms in total. The van der Waals surface area contributed by atoms with Gasteiger partial charge in [0, 0.05) is 39.6 Å². The summed E-state index contributed by atoms with van der Waals surface area (Å²) in [7, 11) is 0. The number of anilines is 5. The van der Waals surface area contributed by atoms with Gasteiger partial charge < -0.3 is 14.9 Å². The third-order valence-corrected chi connectivity index (χ3v) is 8.73. The minimum atomic E-state index is -0.784. The summed E-state index contributed by atoms with van der Waals surface area (Å²) in [4.78, 5) is 4.56. The lowest BCUT2D eigenvalue weighted by Gasteiger charge is -2.48. The van der Waals surface area contributed by atoms with Gasteiger partial charge in [-0.25, -0.2) is 0 Å².